The lowest BCUT2D eigenvalue weighted by atomic mass is 9.94. The fourth-order valence-corrected chi connectivity index (χ4v) is 4.82. The molecule has 1 saturated heterocycles. The van der Waals surface area contributed by atoms with Crippen molar-refractivity contribution in [1.29, 1.82) is 0 Å². The maximum Gasteiger partial charge on any atom is 0.325 e. The molecule has 0 aromatic heterocycles. The minimum atomic E-state index is -3.87. The van der Waals surface area contributed by atoms with E-state index in [9.17, 15) is 22.8 Å². The monoisotopic (exact) mass is 467 g/mol. The molecule has 9 nitrogen and oxygen atoms in total. The van der Waals surface area contributed by atoms with Crippen LogP contribution in [0.3, 0.4) is 0 Å². The first-order valence-electron chi connectivity index (χ1n) is 10.8. The molecule has 32 heavy (non-hydrogen) atoms. The quantitative estimate of drug-likeness (QED) is 0.504. The third-order valence-corrected chi connectivity index (χ3v) is 7.03. The molecule has 2 rings (SSSR count). The Labute approximate surface area is 189 Å². The Morgan fingerprint density at radius 3 is 2.16 bits per heavy atom. The summed E-state index contributed by atoms with van der Waals surface area (Å²) in [5.41, 5.74) is 0.934. The molecular weight excluding hydrogens is 434 g/mol. The van der Waals surface area contributed by atoms with Crippen LogP contribution in [0.1, 0.15) is 45.6 Å². The van der Waals surface area contributed by atoms with E-state index in [1.54, 1.807) is 17.0 Å². The van der Waals surface area contributed by atoms with Crippen molar-refractivity contribution in [3.63, 3.8) is 0 Å². The zero-order chi connectivity index (χ0) is 24.1. The molecule has 1 aromatic carbocycles. The highest BCUT2D eigenvalue weighted by atomic mass is 32.2. The summed E-state index contributed by atoms with van der Waals surface area (Å²) in [5.74, 6) is -2.06. The maximum atomic E-state index is 13.2. The van der Waals surface area contributed by atoms with Gasteiger partial charge in [-0.3, -0.25) is 14.4 Å². The molecule has 1 heterocycles. The van der Waals surface area contributed by atoms with Crippen LogP contribution < -0.4 is 10.0 Å². The van der Waals surface area contributed by atoms with E-state index in [0.29, 0.717) is 32.4 Å². The summed E-state index contributed by atoms with van der Waals surface area (Å²) in [6, 6.07) is 4.55. The van der Waals surface area contributed by atoms with Crippen molar-refractivity contribution in [2.24, 2.45) is 11.8 Å². The summed E-state index contributed by atoms with van der Waals surface area (Å²) in [5, 5.41) is 11.4. The van der Waals surface area contributed by atoms with Gasteiger partial charge >= 0.3 is 5.97 Å². The molecule has 178 valence electrons. The Kier molecular flexibility index (Phi) is 8.80. The third kappa shape index (κ3) is 7.03. The van der Waals surface area contributed by atoms with Crippen LogP contribution in [0.15, 0.2) is 29.2 Å². The van der Waals surface area contributed by atoms with Crippen LogP contribution in [-0.4, -0.2) is 61.4 Å². The molecule has 2 amide bonds. The standard InChI is InChI=1S/C22H33N3O6S/c1-14(2)13-19(24-32(30,31)18-7-5-15(3)6-8-18)21(27)25-11-9-17(10-12-25)20(26)23-16(4)22(28)29/h5-8,14,16-17,19,24H,9-13H2,1-4H3,(H,23,26)(H,28,29)/t16-,19-/m0/s1. The minimum Gasteiger partial charge on any atom is -0.480 e. The van der Waals surface area contributed by atoms with Crippen LogP contribution in [-0.2, 0) is 24.4 Å². The Bertz CT molecular complexity index is 921. The van der Waals surface area contributed by atoms with Gasteiger partial charge < -0.3 is 15.3 Å². The number of sulfonamides is 1. The van der Waals surface area contributed by atoms with Gasteiger partial charge in [-0.05, 0) is 51.2 Å². The van der Waals surface area contributed by atoms with Gasteiger partial charge in [-0.25, -0.2) is 8.42 Å². The number of amides is 2. The second-order valence-corrected chi connectivity index (χ2v) is 10.5. The Hall–Kier alpha value is -2.46. The van der Waals surface area contributed by atoms with E-state index in [0.717, 1.165) is 5.56 Å². The van der Waals surface area contributed by atoms with Gasteiger partial charge in [0.15, 0.2) is 0 Å². The molecule has 0 saturated carbocycles. The number of aliphatic carboxylic acids is 1. The summed E-state index contributed by atoms with van der Waals surface area (Å²) in [6.45, 7) is 7.70. The van der Waals surface area contributed by atoms with Gasteiger partial charge in [0.2, 0.25) is 21.8 Å². The lowest BCUT2D eigenvalue weighted by Crippen LogP contribution is -2.52. The molecule has 1 aromatic rings. The number of carboxylic acids is 1. The van der Waals surface area contributed by atoms with Gasteiger partial charge in [0, 0.05) is 19.0 Å². The lowest BCUT2D eigenvalue weighted by Gasteiger charge is -2.34. The average molecular weight is 468 g/mol. The highest BCUT2D eigenvalue weighted by Crippen LogP contribution is 2.21. The fourth-order valence-electron chi connectivity index (χ4n) is 3.62. The van der Waals surface area contributed by atoms with Crippen LogP contribution in [0.25, 0.3) is 0 Å². The molecule has 0 aliphatic carbocycles. The smallest absolute Gasteiger partial charge is 0.325 e. The first-order chi connectivity index (χ1) is 14.9. The van der Waals surface area contributed by atoms with Crippen LogP contribution in [0, 0.1) is 18.8 Å². The molecule has 0 spiro atoms. The molecule has 0 radical (unpaired) electrons. The van der Waals surface area contributed by atoms with Crippen molar-refractivity contribution < 1.29 is 27.9 Å². The zero-order valence-corrected chi connectivity index (χ0v) is 19.8. The number of likely N-dealkylation sites (tertiary alicyclic amines) is 1. The van der Waals surface area contributed by atoms with Gasteiger partial charge in [0.1, 0.15) is 12.1 Å². The van der Waals surface area contributed by atoms with E-state index in [-0.39, 0.29) is 28.5 Å². The molecule has 2 atom stereocenters. The normalized spacial score (nSPS) is 17.1. The topological polar surface area (TPSA) is 133 Å². The number of benzene rings is 1. The molecular formula is C22H33N3O6S. The number of aryl methyl sites for hydroxylation is 1. The molecule has 1 aliphatic rings. The molecule has 10 heteroatoms. The first-order valence-corrected chi connectivity index (χ1v) is 12.3. The number of hydrogen-bond acceptors (Lipinski definition) is 5. The summed E-state index contributed by atoms with van der Waals surface area (Å²) < 4.78 is 28.2. The Balaban J connectivity index is 2.05. The number of nitrogens with one attached hydrogen (secondary N) is 2. The molecule has 1 fully saturated rings. The maximum absolute atomic E-state index is 13.2. The van der Waals surface area contributed by atoms with Gasteiger partial charge in [-0.1, -0.05) is 31.5 Å². The van der Waals surface area contributed by atoms with Gasteiger partial charge in [-0.2, -0.15) is 4.72 Å². The van der Waals surface area contributed by atoms with Gasteiger partial charge in [-0.15, -0.1) is 0 Å². The largest absolute Gasteiger partial charge is 0.480 e. The van der Waals surface area contributed by atoms with Crippen LogP contribution in [0.4, 0.5) is 0 Å². The minimum absolute atomic E-state index is 0.0884. The van der Waals surface area contributed by atoms with Crippen molar-refractivity contribution in [2.45, 2.75) is 63.9 Å². The SMILES string of the molecule is Cc1ccc(S(=O)(=O)N[C@@H](CC(C)C)C(=O)N2CCC(C(=O)N[C@@H](C)C(=O)O)CC2)cc1. The van der Waals surface area contributed by atoms with Crippen molar-refractivity contribution in [1.82, 2.24) is 14.9 Å². The molecule has 1 aliphatic heterocycles. The van der Waals surface area contributed by atoms with Crippen molar-refractivity contribution in [3.05, 3.63) is 29.8 Å². The first kappa shape index (κ1) is 25.8. The van der Waals surface area contributed by atoms with Crippen molar-refractivity contribution in [3.8, 4) is 0 Å². The number of carbonyl (C=O) groups is 3. The van der Waals surface area contributed by atoms with E-state index in [4.69, 9.17) is 5.11 Å². The average Bonchev–Trinajstić information content (AvgIpc) is 2.72. The summed E-state index contributed by atoms with van der Waals surface area (Å²) in [4.78, 5) is 38.0. The number of hydrogen-bond donors (Lipinski definition) is 3. The lowest BCUT2D eigenvalue weighted by molar-refractivity contribution is -0.142. The molecule has 0 bridgehead atoms. The third-order valence-electron chi connectivity index (χ3n) is 5.54. The fraction of sp³-hybridized carbons (Fsp3) is 0.591. The number of carboxylic acid groups (broad SMARTS) is 1. The second kappa shape index (κ2) is 10.9. The molecule has 3 N–H and O–H groups in total. The summed E-state index contributed by atoms with van der Waals surface area (Å²) in [6.07, 6.45) is 1.13. The van der Waals surface area contributed by atoms with Crippen LogP contribution >= 0.6 is 0 Å². The predicted molar refractivity (Wildman–Crippen MR) is 119 cm³/mol. The number of carbonyl (C=O) groups excluding carboxylic acids is 2. The van der Waals surface area contributed by atoms with Crippen LogP contribution in [0.5, 0.6) is 0 Å². The molecule has 0 unspecified atom stereocenters. The van der Waals surface area contributed by atoms with E-state index in [2.05, 4.69) is 10.0 Å². The van der Waals surface area contributed by atoms with E-state index < -0.39 is 28.1 Å². The van der Waals surface area contributed by atoms with Gasteiger partial charge in [0.25, 0.3) is 0 Å². The predicted octanol–water partition coefficient (Wildman–Crippen LogP) is 1.52. The summed E-state index contributed by atoms with van der Waals surface area (Å²) in [7, 11) is -3.87. The van der Waals surface area contributed by atoms with E-state index in [1.807, 2.05) is 20.8 Å². The highest BCUT2D eigenvalue weighted by Gasteiger charge is 2.34. The summed E-state index contributed by atoms with van der Waals surface area (Å²) >= 11 is 0. The van der Waals surface area contributed by atoms with Crippen LogP contribution in [0.2, 0.25) is 0 Å². The Morgan fingerprint density at radius 2 is 1.66 bits per heavy atom. The second-order valence-electron chi connectivity index (χ2n) is 8.78. The van der Waals surface area contributed by atoms with E-state index in [1.165, 1.54) is 19.1 Å². The van der Waals surface area contributed by atoms with Crippen molar-refractivity contribution >= 4 is 27.8 Å². The number of nitrogens with zero attached hydrogens (tertiary/aromatic N) is 1. The number of rotatable bonds is 9. The highest BCUT2D eigenvalue weighted by molar-refractivity contribution is 7.89. The Morgan fingerprint density at radius 1 is 1.09 bits per heavy atom. The van der Waals surface area contributed by atoms with Crippen molar-refractivity contribution in [2.75, 3.05) is 13.1 Å². The van der Waals surface area contributed by atoms with Gasteiger partial charge in [0.05, 0.1) is 4.90 Å². The number of piperidine rings is 1. The van der Waals surface area contributed by atoms with E-state index >= 15 is 0 Å². The zero-order valence-electron chi connectivity index (χ0n) is 19.0.